The molecule has 1 heterocycles. The first-order valence-electron chi connectivity index (χ1n) is 6.25. The van der Waals surface area contributed by atoms with E-state index < -0.39 is 0 Å². The summed E-state index contributed by atoms with van der Waals surface area (Å²) in [4.78, 5) is 0. The first-order chi connectivity index (χ1) is 9.17. The average molecular weight is 260 g/mol. The fraction of sp³-hybridized carbons (Fsp3) is 0.333. The van der Waals surface area contributed by atoms with Gasteiger partial charge in [0, 0.05) is 17.4 Å². The molecule has 0 aliphatic rings. The highest BCUT2D eigenvalue weighted by atomic mass is 19.1. The summed E-state index contributed by atoms with van der Waals surface area (Å²) in [6, 6.07) is 4.39. The van der Waals surface area contributed by atoms with Crippen LogP contribution in [0, 0.1) is 25.1 Å². The van der Waals surface area contributed by atoms with Gasteiger partial charge in [0.05, 0.1) is 6.04 Å². The Morgan fingerprint density at radius 3 is 3.00 bits per heavy atom. The molecule has 1 atom stereocenters. The summed E-state index contributed by atoms with van der Waals surface area (Å²) in [5.41, 5.74) is 4.32. The molecule has 0 radical (unpaired) electrons. The number of rotatable bonds is 5. The summed E-state index contributed by atoms with van der Waals surface area (Å²) in [6.45, 7) is 1.91. The van der Waals surface area contributed by atoms with E-state index in [2.05, 4.69) is 11.3 Å². The molecule has 1 aromatic carbocycles. The minimum atomic E-state index is -0.271. The Morgan fingerprint density at radius 1 is 1.53 bits per heavy atom. The van der Waals surface area contributed by atoms with Crippen LogP contribution in [0.15, 0.2) is 22.6 Å². The van der Waals surface area contributed by atoms with Crippen LogP contribution in [0.2, 0.25) is 0 Å². The summed E-state index contributed by atoms with van der Waals surface area (Å²) >= 11 is 0. The van der Waals surface area contributed by atoms with Crippen molar-refractivity contribution in [2.45, 2.75) is 32.2 Å². The Bertz CT molecular complexity index is 612. The first kappa shape index (κ1) is 13.6. The van der Waals surface area contributed by atoms with Gasteiger partial charge >= 0.3 is 0 Å². The highest BCUT2D eigenvalue weighted by Gasteiger charge is 2.19. The number of hydrogen-bond acceptors (Lipinski definition) is 3. The second kappa shape index (κ2) is 5.87. The summed E-state index contributed by atoms with van der Waals surface area (Å²) < 4.78 is 19.0. The van der Waals surface area contributed by atoms with E-state index in [-0.39, 0.29) is 11.9 Å². The molecule has 4 heteroatoms. The van der Waals surface area contributed by atoms with E-state index >= 15 is 0 Å². The third kappa shape index (κ3) is 2.78. The van der Waals surface area contributed by atoms with E-state index in [0.717, 1.165) is 29.6 Å². The van der Waals surface area contributed by atoms with Crippen molar-refractivity contribution in [2.75, 3.05) is 0 Å². The van der Waals surface area contributed by atoms with Gasteiger partial charge in [0.15, 0.2) is 0 Å². The van der Waals surface area contributed by atoms with Gasteiger partial charge in [-0.15, -0.1) is 12.3 Å². The minimum Gasteiger partial charge on any atom is -0.459 e. The van der Waals surface area contributed by atoms with Crippen LogP contribution in [-0.4, -0.2) is 0 Å². The van der Waals surface area contributed by atoms with Gasteiger partial charge < -0.3 is 4.42 Å². The lowest BCUT2D eigenvalue weighted by atomic mass is 10.0. The standard InChI is InChI=1S/C15H17FN2O/c1-3-4-5-6-13(18-17)15-10(2)12-9-11(16)7-8-14(12)19-15/h1,7-9,13,18H,4-6,17H2,2H3. The van der Waals surface area contributed by atoms with Crippen LogP contribution in [0.3, 0.4) is 0 Å². The molecule has 0 aliphatic heterocycles. The van der Waals surface area contributed by atoms with Gasteiger partial charge in [-0.1, -0.05) is 0 Å². The molecule has 0 saturated heterocycles. The Morgan fingerprint density at radius 2 is 2.32 bits per heavy atom. The molecule has 0 spiro atoms. The molecule has 2 aromatic rings. The summed E-state index contributed by atoms with van der Waals surface area (Å²) in [6.07, 6.45) is 7.58. The number of halogens is 1. The molecule has 100 valence electrons. The summed E-state index contributed by atoms with van der Waals surface area (Å²) in [5.74, 6) is 8.65. The fourth-order valence-electron chi connectivity index (χ4n) is 2.24. The highest BCUT2D eigenvalue weighted by Crippen LogP contribution is 2.31. The third-order valence-corrected chi connectivity index (χ3v) is 3.27. The Kier molecular flexibility index (Phi) is 4.20. The molecular formula is C15H17FN2O. The predicted octanol–water partition coefficient (Wildman–Crippen LogP) is 3.19. The zero-order chi connectivity index (χ0) is 13.8. The molecule has 0 bridgehead atoms. The van der Waals surface area contributed by atoms with Gasteiger partial charge in [-0.05, 0) is 38.0 Å². The molecule has 1 aromatic heterocycles. The van der Waals surface area contributed by atoms with Crippen molar-refractivity contribution >= 4 is 11.0 Å². The summed E-state index contributed by atoms with van der Waals surface area (Å²) in [5, 5.41) is 0.784. The van der Waals surface area contributed by atoms with Gasteiger partial charge in [-0.3, -0.25) is 5.84 Å². The minimum absolute atomic E-state index is 0.108. The summed E-state index contributed by atoms with van der Waals surface area (Å²) in [7, 11) is 0. The van der Waals surface area contributed by atoms with Crippen LogP contribution in [0.1, 0.15) is 36.6 Å². The lowest BCUT2D eigenvalue weighted by Crippen LogP contribution is -2.28. The lowest BCUT2D eigenvalue weighted by Gasteiger charge is -2.13. The molecule has 0 aliphatic carbocycles. The third-order valence-electron chi connectivity index (χ3n) is 3.27. The fourth-order valence-corrected chi connectivity index (χ4v) is 2.24. The number of aryl methyl sites for hydroxylation is 1. The maximum absolute atomic E-state index is 13.3. The molecule has 0 amide bonds. The van der Waals surface area contributed by atoms with Crippen LogP contribution in [0.4, 0.5) is 4.39 Å². The van der Waals surface area contributed by atoms with Crippen molar-refractivity contribution in [3.05, 3.63) is 35.3 Å². The maximum Gasteiger partial charge on any atom is 0.134 e. The van der Waals surface area contributed by atoms with E-state index in [1.54, 1.807) is 6.07 Å². The number of nitrogens with two attached hydrogens (primary N) is 1. The monoisotopic (exact) mass is 260 g/mol. The number of furan rings is 1. The molecule has 0 saturated carbocycles. The van der Waals surface area contributed by atoms with Gasteiger partial charge in [0.2, 0.25) is 0 Å². The SMILES string of the molecule is C#CCCCC(NN)c1oc2ccc(F)cc2c1C. The number of hydrogen-bond donors (Lipinski definition) is 2. The van der Waals surface area contributed by atoms with Crippen molar-refractivity contribution in [1.82, 2.24) is 5.43 Å². The smallest absolute Gasteiger partial charge is 0.134 e. The van der Waals surface area contributed by atoms with Crippen LogP contribution in [0.25, 0.3) is 11.0 Å². The molecule has 1 unspecified atom stereocenters. The number of unbranched alkanes of at least 4 members (excludes halogenated alkanes) is 1. The number of nitrogens with one attached hydrogen (secondary N) is 1. The molecule has 3 nitrogen and oxygen atoms in total. The lowest BCUT2D eigenvalue weighted by molar-refractivity contribution is 0.408. The number of terminal acetylenes is 1. The number of fused-ring (bicyclic) bond motifs is 1. The Balaban J connectivity index is 2.32. The van der Waals surface area contributed by atoms with Crippen LogP contribution < -0.4 is 11.3 Å². The van der Waals surface area contributed by atoms with E-state index in [1.807, 2.05) is 6.92 Å². The van der Waals surface area contributed by atoms with Crippen molar-refractivity contribution in [1.29, 1.82) is 0 Å². The molecule has 19 heavy (non-hydrogen) atoms. The normalized spacial score (nSPS) is 12.5. The number of benzene rings is 1. The molecule has 2 rings (SSSR count). The van der Waals surface area contributed by atoms with Crippen molar-refractivity contribution in [3.63, 3.8) is 0 Å². The molecule has 3 N–H and O–H groups in total. The predicted molar refractivity (Wildman–Crippen MR) is 73.7 cm³/mol. The van der Waals surface area contributed by atoms with E-state index in [4.69, 9.17) is 16.7 Å². The van der Waals surface area contributed by atoms with Crippen molar-refractivity contribution in [2.24, 2.45) is 5.84 Å². The van der Waals surface area contributed by atoms with Crippen molar-refractivity contribution < 1.29 is 8.81 Å². The average Bonchev–Trinajstić information content (AvgIpc) is 2.72. The topological polar surface area (TPSA) is 51.2 Å². The number of hydrazine groups is 1. The van der Waals surface area contributed by atoms with E-state index in [9.17, 15) is 4.39 Å². The maximum atomic E-state index is 13.3. The van der Waals surface area contributed by atoms with Crippen molar-refractivity contribution in [3.8, 4) is 12.3 Å². The van der Waals surface area contributed by atoms with Crippen LogP contribution >= 0.6 is 0 Å². The largest absolute Gasteiger partial charge is 0.459 e. The van der Waals surface area contributed by atoms with Gasteiger partial charge in [-0.25, -0.2) is 9.82 Å². The zero-order valence-electron chi connectivity index (χ0n) is 10.9. The van der Waals surface area contributed by atoms with E-state index in [1.165, 1.54) is 12.1 Å². The second-order valence-corrected chi connectivity index (χ2v) is 4.55. The Labute approximate surface area is 111 Å². The quantitative estimate of drug-likeness (QED) is 0.376. The first-order valence-corrected chi connectivity index (χ1v) is 6.25. The Hall–Kier alpha value is -1.83. The van der Waals surface area contributed by atoms with Crippen LogP contribution in [0.5, 0.6) is 0 Å². The van der Waals surface area contributed by atoms with Gasteiger partial charge in [0.1, 0.15) is 17.2 Å². The van der Waals surface area contributed by atoms with Gasteiger partial charge in [0.25, 0.3) is 0 Å². The molecule has 0 fully saturated rings. The van der Waals surface area contributed by atoms with Gasteiger partial charge in [-0.2, -0.15) is 0 Å². The van der Waals surface area contributed by atoms with E-state index in [0.29, 0.717) is 12.0 Å². The highest BCUT2D eigenvalue weighted by molar-refractivity contribution is 5.82. The zero-order valence-corrected chi connectivity index (χ0v) is 10.9. The second-order valence-electron chi connectivity index (χ2n) is 4.55. The molecular weight excluding hydrogens is 243 g/mol. The van der Waals surface area contributed by atoms with Crippen LogP contribution in [-0.2, 0) is 0 Å².